The van der Waals surface area contributed by atoms with Gasteiger partial charge < -0.3 is 14.9 Å². The molecular weight excluding hydrogens is 220 g/mol. The number of hydrogen-bond acceptors (Lipinski definition) is 4. The molecule has 0 amide bonds. The molecule has 4 bridgehead atoms. The smallest absolute Gasteiger partial charge is 0.312 e. The largest absolute Gasteiger partial charge is 0.466 e. The zero-order chi connectivity index (χ0) is 12.3. The van der Waals surface area contributed by atoms with E-state index in [0.717, 1.165) is 19.3 Å². The van der Waals surface area contributed by atoms with E-state index < -0.39 is 16.6 Å². The third-order valence-corrected chi connectivity index (χ3v) is 4.72. The summed E-state index contributed by atoms with van der Waals surface area (Å²) in [6.07, 6.45) is 3.61. The highest BCUT2D eigenvalue weighted by molar-refractivity contribution is 5.78. The molecule has 0 aromatic heterocycles. The highest BCUT2D eigenvalue weighted by Gasteiger charge is 2.65. The summed E-state index contributed by atoms with van der Waals surface area (Å²) in [6.45, 7) is 2.16. The first-order valence-electron chi connectivity index (χ1n) is 6.51. The molecule has 0 aromatic carbocycles. The summed E-state index contributed by atoms with van der Waals surface area (Å²) in [5.74, 6) is 0.0478. The van der Waals surface area contributed by atoms with E-state index in [1.165, 1.54) is 0 Å². The minimum atomic E-state index is -0.846. The van der Waals surface area contributed by atoms with Crippen molar-refractivity contribution in [2.75, 3.05) is 6.61 Å². The molecule has 96 valence electrons. The highest BCUT2D eigenvalue weighted by Crippen LogP contribution is 2.63. The first kappa shape index (κ1) is 11.5. The van der Waals surface area contributed by atoms with Gasteiger partial charge in [0, 0.05) is 6.42 Å². The van der Waals surface area contributed by atoms with Crippen LogP contribution in [-0.2, 0) is 9.53 Å². The van der Waals surface area contributed by atoms with Crippen molar-refractivity contribution < 1.29 is 19.7 Å². The van der Waals surface area contributed by atoms with Crippen LogP contribution in [0.4, 0.5) is 0 Å². The SMILES string of the molecule is CCOC(=O)C12CC3CC(O)(CC(O)(C3)C1)C2. The fourth-order valence-corrected chi connectivity index (χ4v) is 4.85. The molecule has 4 aliphatic carbocycles. The first-order valence-corrected chi connectivity index (χ1v) is 6.51. The van der Waals surface area contributed by atoms with Gasteiger partial charge in [-0.25, -0.2) is 0 Å². The van der Waals surface area contributed by atoms with Gasteiger partial charge in [0.1, 0.15) is 0 Å². The topological polar surface area (TPSA) is 66.8 Å². The van der Waals surface area contributed by atoms with Crippen molar-refractivity contribution in [3.05, 3.63) is 0 Å². The number of carbonyl (C=O) groups excluding carboxylic acids is 1. The van der Waals surface area contributed by atoms with E-state index in [1.54, 1.807) is 6.92 Å². The Hall–Kier alpha value is -0.610. The molecule has 4 fully saturated rings. The monoisotopic (exact) mass is 240 g/mol. The number of aliphatic hydroxyl groups is 2. The van der Waals surface area contributed by atoms with Crippen molar-refractivity contribution in [3.8, 4) is 0 Å². The van der Waals surface area contributed by atoms with Crippen LogP contribution in [0.15, 0.2) is 0 Å². The van der Waals surface area contributed by atoms with Crippen molar-refractivity contribution in [1.82, 2.24) is 0 Å². The fourth-order valence-electron chi connectivity index (χ4n) is 4.85. The summed E-state index contributed by atoms with van der Waals surface area (Å²) in [7, 11) is 0. The third-order valence-electron chi connectivity index (χ3n) is 4.72. The molecule has 17 heavy (non-hydrogen) atoms. The van der Waals surface area contributed by atoms with Gasteiger partial charge in [0.15, 0.2) is 0 Å². The van der Waals surface area contributed by atoms with Gasteiger partial charge in [0.25, 0.3) is 0 Å². The van der Waals surface area contributed by atoms with Crippen LogP contribution in [0.3, 0.4) is 0 Å². The van der Waals surface area contributed by atoms with E-state index in [-0.39, 0.29) is 11.9 Å². The second-order valence-corrected chi connectivity index (χ2v) is 6.46. The molecule has 2 N–H and O–H groups in total. The predicted molar refractivity (Wildman–Crippen MR) is 60.2 cm³/mol. The summed E-state index contributed by atoms with van der Waals surface area (Å²) >= 11 is 0. The summed E-state index contributed by atoms with van der Waals surface area (Å²) in [6, 6.07) is 0. The van der Waals surface area contributed by atoms with Crippen LogP contribution in [0.1, 0.15) is 45.4 Å². The first-order chi connectivity index (χ1) is 7.89. The molecule has 0 aliphatic heterocycles. The van der Waals surface area contributed by atoms with Crippen LogP contribution < -0.4 is 0 Å². The van der Waals surface area contributed by atoms with Gasteiger partial charge in [-0.3, -0.25) is 4.79 Å². The fraction of sp³-hybridized carbons (Fsp3) is 0.923. The molecule has 0 saturated heterocycles. The van der Waals surface area contributed by atoms with Crippen LogP contribution in [-0.4, -0.2) is 34.0 Å². The Morgan fingerprint density at radius 1 is 1.18 bits per heavy atom. The number of ether oxygens (including phenoxy) is 1. The number of esters is 1. The summed E-state index contributed by atoms with van der Waals surface area (Å²) < 4.78 is 5.16. The van der Waals surface area contributed by atoms with E-state index in [2.05, 4.69) is 0 Å². The van der Waals surface area contributed by atoms with Crippen molar-refractivity contribution >= 4 is 5.97 Å². The van der Waals surface area contributed by atoms with E-state index in [9.17, 15) is 15.0 Å². The Morgan fingerprint density at radius 3 is 2.24 bits per heavy atom. The predicted octanol–water partition coefficient (Wildman–Crippen LogP) is 0.996. The second kappa shape index (κ2) is 3.23. The molecule has 0 heterocycles. The zero-order valence-corrected chi connectivity index (χ0v) is 10.2. The van der Waals surface area contributed by atoms with Gasteiger partial charge in [0.2, 0.25) is 0 Å². The number of carbonyl (C=O) groups is 1. The van der Waals surface area contributed by atoms with E-state index in [4.69, 9.17) is 4.74 Å². The lowest BCUT2D eigenvalue weighted by Gasteiger charge is -2.61. The van der Waals surface area contributed by atoms with E-state index in [1.807, 2.05) is 0 Å². The minimum absolute atomic E-state index is 0.221. The lowest BCUT2D eigenvalue weighted by atomic mass is 9.46. The minimum Gasteiger partial charge on any atom is -0.466 e. The average molecular weight is 240 g/mol. The van der Waals surface area contributed by atoms with Crippen LogP contribution in [0.5, 0.6) is 0 Å². The number of hydrogen-bond donors (Lipinski definition) is 2. The molecule has 2 unspecified atom stereocenters. The Labute approximate surface area is 101 Å². The Kier molecular flexibility index (Phi) is 2.18. The highest BCUT2D eigenvalue weighted by atomic mass is 16.5. The Morgan fingerprint density at radius 2 is 1.76 bits per heavy atom. The third kappa shape index (κ3) is 1.61. The van der Waals surface area contributed by atoms with Crippen molar-refractivity contribution in [2.45, 2.75) is 56.7 Å². The van der Waals surface area contributed by atoms with Crippen molar-refractivity contribution in [2.24, 2.45) is 11.3 Å². The van der Waals surface area contributed by atoms with Crippen molar-refractivity contribution in [1.29, 1.82) is 0 Å². The van der Waals surface area contributed by atoms with Gasteiger partial charge in [-0.2, -0.15) is 0 Å². The molecule has 0 radical (unpaired) electrons. The molecular formula is C13H20O4. The summed E-state index contributed by atoms with van der Waals surface area (Å²) in [4.78, 5) is 12.1. The maximum Gasteiger partial charge on any atom is 0.312 e. The maximum absolute atomic E-state index is 12.1. The quantitative estimate of drug-likeness (QED) is 0.707. The zero-order valence-electron chi connectivity index (χ0n) is 10.2. The van der Waals surface area contributed by atoms with Gasteiger partial charge in [-0.15, -0.1) is 0 Å². The van der Waals surface area contributed by atoms with Gasteiger partial charge in [-0.1, -0.05) is 0 Å². The van der Waals surface area contributed by atoms with Crippen LogP contribution in [0.25, 0.3) is 0 Å². The van der Waals surface area contributed by atoms with Gasteiger partial charge >= 0.3 is 5.97 Å². The lowest BCUT2D eigenvalue weighted by Crippen LogP contribution is -2.65. The summed E-state index contributed by atoms with van der Waals surface area (Å²) in [5.41, 5.74) is -2.32. The van der Waals surface area contributed by atoms with Crippen LogP contribution in [0.2, 0.25) is 0 Å². The Balaban J connectivity index is 1.94. The van der Waals surface area contributed by atoms with E-state index in [0.29, 0.717) is 25.9 Å². The standard InChI is InChI=1S/C13H20O4/c1-2-17-10(14)11-3-9-4-12(15,6-11)8-13(16,5-9)7-11/h9,15-16H,2-8H2,1H3. The molecule has 0 aromatic rings. The van der Waals surface area contributed by atoms with E-state index >= 15 is 0 Å². The lowest BCUT2D eigenvalue weighted by molar-refractivity contribution is -0.237. The second-order valence-electron chi connectivity index (χ2n) is 6.46. The molecule has 4 aliphatic rings. The molecule has 2 atom stereocenters. The average Bonchev–Trinajstić information content (AvgIpc) is 2.11. The number of rotatable bonds is 2. The molecule has 4 nitrogen and oxygen atoms in total. The van der Waals surface area contributed by atoms with Gasteiger partial charge in [-0.05, 0) is 44.9 Å². The maximum atomic E-state index is 12.1. The van der Waals surface area contributed by atoms with Crippen LogP contribution in [0, 0.1) is 11.3 Å². The molecule has 0 spiro atoms. The van der Waals surface area contributed by atoms with Gasteiger partial charge in [0.05, 0.1) is 23.2 Å². The normalized spacial score (nSPS) is 51.6. The van der Waals surface area contributed by atoms with Crippen LogP contribution >= 0.6 is 0 Å². The molecule has 4 saturated carbocycles. The van der Waals surface area contributed by atoms with Crippen molar-refractivity contribution in [3.63, 3.8) is 0 Å². The molecule has 4 heteroatoms. The molecule has 4 rings (SSSR count). The summed E-state index contributed by atoms with van der Waals surface area (Å²) in [5, 5.41) is 21.0. The Bertz CT molecular complexity index is 346.